The number of hydrogen-bond donors (Lipinski definition) is 1. The number of nitrogens with one attached hydrogen (secondary N) is 1. The zero-order chi connectivity index (χ0) is 22.5. The Morgan fingerprint density at radius 1 is 0.969 bits per heavy atom. The van der Waals surface area contributed by atoms with Crippen molar-refractivity contribution in [3.63, 3.8) is 0 Å². The summed E-state index contributed by atoms with van der Waals surface area (Å²) in [6.45, 7) is 2.77. The summed E-state index contributed by atoms with van der Waals surface area (Å²) in [7, 11) is 3.05. The Labute approximate surface area is 190 Å². The second-order valence-corrected chi connectivity index (χ2v) is 8.07. The normalized spacial score (nSPS) is 13.6. The second-order valence-electron chi connectivity index (χ2n) is 7.21. The van der Waals surface area contributed by atoms with Gasteiger partial charge in [0.2, 0.25) is 0 Å². The van der Waals surface area contributed by atoms with Crippen LogP contribution in [0.2, 0.25) is 0 Å². The fourth-order valence-corrected chi connectivity index (χ4v) is 4.19. The van der Waals surface area contributed by atoms with Gasteiger partial charge < -0.3 is 19.3 Å². The Morgan fingerprint density at radius 2 is 1.62 bits per heavy atom. The number of ether oxygens (including phenoxy) is 2. The summed E-state index contributed by atoms with van der Waals surface area (Å²) in [5.74, 6) is 0.544. The average molecular weight is 453 g/mol. The lowest BCUT2D eigenvalue weighted by molar-refractivity contribution is 0.0741. The van der Waals surface area contributed by atoms with E-state index in [-0.39, 0.29) is 11.8 Å². The van der Waals surface area contributed by atoms with Crippen LogP contribution in [-0.4, -0.2) is 62.1 Å². The number of aromatic nitrogens is 1. The van der Waals surface area contributed by atoms with Gasteiger partial charge in [-0.05, 0) is 24.3 Å². The summed E-state index contributed by atoms with van der Waals surface area (Å²) in [6.07, 6.45) is 0. The molecule has 4 rings (SSSR count). The number of benzene rings is 2. The lowest BCUT2D eigenvalue weighted by atomic mass is 10.2. The molecule has 0 spiro atoms. The van der Waals surface area contributed by atoms with Gasteiger partial charge in [0.25, 0.3) is 11.8 Å². The van der Waals surface area contributed by atoms with Crippen molar-refractivity contribution in [3.05, 3.63) is 65.2 Å². The first kappa shape index (κ1) is 21.6. The predicted molar refractivity (Wildman–Crippen MR) is 124 cm³/mol. The fourth-order valence-electron chi connectivity index (χ4n) is 3.51. The van der Waals surface area contributed by atoms with Crippen molar-refractivity contribution in [1.82, 2.24) is 9.88 Å². The molecule has 1 N–H and O–H groups in total. The number of para-hydroxylation sites is 1. The van der Waals surface area contributed by atoms with Crippen molar-refractivity contribution in [2.24, 2.45) is 0 Å². The summed E-state index contributed by atoms with van der Waals surface area (Å²) in [5.41, 5.74) is 1.87. The molecule has 2 heterocycles. The van der Waals surface area contributed by atoms with E-state index in [9.17, 15) is 9.59 Å². The van der Waals surface area contributed by atoms with E-state index in [0.717, 1.165) is 18.8 Å². The largest absolute Gasteiger partial charge is 0.497 e. The number of rotatable bonds is 6. The third kappa shape index (κ3) is 4.83. The molecule has 2 aromatic carbocycles. The molecule has 166 valence electrons. The van der Waals surface area contributed by atoms with E-state index >= 15 is 0 Å². The van der Waals surface area contributed by atoms with Crippen molar-refractivity contribution >= 4 is 34.0 Å². The smallest absolute Gasteiger partial charge is 0.273 e. The van der Waals surface area contributed by atoms with Crippen LogP contribution in [0.15, 0.2) is 53.9 Å². The summed E-state index contributed by atoms with van der Waals surface area (Å²) >= 11 is 1.22. The monoisotopic (exact) mass is 452 g/mol. The summed E-state index contributed by atoms with van der Waals surface area (Å²) in [4.78, 5) is 33.9. The first-order chi connectivity index (χ1) is 15.6. The van der Waals surface area contributed by atoms with Gasteiger partial charge >= 0.3 is 0 Å². The van der Waals surface area contributed by atoms with E-state index in [1.54, 1.807) is 28.5 Å². The number of hydrogen-bond acceptors (Lipinski definition) is 7. The van der Waals surface area contributed by atoms with E-state index in [2.05, 4.69) is 27.3 Å². The van der Waals surface area contributed by atoms with Gasteiger partial charge in [0.05, 0.1) is 14.2 Å². The first-order valence-corrected chi connectivity index (χ1v) is 11.0. The van der Waals surface area contributed by atoms with Crippen molar-refractivity contribution in [3.8, 4) is 11.5 Å². The molecule has 3 aromatic rings. The lowest BCUT2D eigenvalue weighted by Crippen LogP contribution is -2.48. The van der Waals surface area contributed by atoms with Crippen LogP contribution in [0.1, 0.15) is 20.8 Å². The van der Waals surface area contributed by atoms with Crippen LogP contribution in [0.5, 0.6) is 11.5 Å². The van der Waals surface area contributed by atoms with Crippen molar-refractivity contribution < 1.29 is 19.1 Å². The number of carbonyl (C=O) groups is 2. The van der Waals surface area contributed by atoms with Gasteiger partial charge in [0, 0.05) is 48.9 Å². The number of nitrogens with zero attached hydrogens (tertiary/aromatic N) is 3. The molecular formula is C23H24N4O4S. The molecular weight excluding hydrogens is 428 g/mol. The zero-order valence-electron chi connectivity index (χ0n) is 17.9. The summed E-state index contributed by atoms with van der Waals surface area (Å²) < 4.78 is 10.4. The molecule has 32 heavy (non-hydrogen) atoms. The summed E-state index contributed by atoms with van der Waals surface area (Å²) in [5, 5.41) is 4.78. The number of methoxy groups -OCH3 is 2. The van der Waals surface area contributed by atoms with E-state index in [1.807, 2.05) is 18.2 Å². The second kappa shape index (κ2) is 9.69. The molecule has 1 aliphatic heterocycles. The Hall–Kier alpha value is -3.59. The molecule has 1 saturated heterocycles. The Bertz CT molecular complexity index is 1070. The van der Waals surface area contributed by atoms with Crippen LogP contribution in [0.3, 0.4) is 0 Å². The average Bonchev–Trinajstić information content (AvgIpc) is 3.32. The minimum Gasteiger partial charge on any atom is -0.497 e. The van der Waals surface area contributed by atoms with Crippen molar-refractivity contribution in [2.75, 3.05) is 50.6 Å². The molecule has 2 amide bonds. The number of thiazole rings is 1. The van der Waals surface area contributed by atoms with Crippen molar-refractivity contribution in [2.45, 2.75) is 0 Å². The van der Waals surface area contributed by atoms with Crippen molar-refractivity contribution in [1.29, 1.82) is 0 Å². The molecule has 0 unspecified atom stereocenters. The maximum absolute atomic E-state index is 12.9. The maximum Gasteiger partial charge on any atom is 0.273 e. The predicted octanol–water partition coefficient (Wildman–Crippen LogP) is 3.38. The Kier molecular flexibility index (Phi) is 6.55. The van der Waals surface area contributed by atoms with E-state index in [0.29, 0.717) is 41.0 Å². The highest BCUT2D eigenvalue weighted by molar-refractivity contribution is 7.14. The Balaban J connectivity index is 1.37. The van der Waals surface area contributed by atoms with Gasteiger partial charge in [-0.25, -0.2) is 4.98 Å². The van der Waals surface area contributed by atoms with Crippen LogP contribution >= 0.6 is 11.3 Å². The number of piperazine rings is 1. The van der Waals surface area contributed by atoms with Crippen LogP contribution in [0.4, 0.5) is 10.8 Å². The Morgan fingerprint density at radius 3 is 2.25 bits per heavy atom. The molecule has 0 aliphatic carbocycles. The lowest BCUT2D eigenvalue weighted by Gasteiger charge is -2.35. The standard InChI is InChI=1S/C23H24N4O4S/c1-30-18-12-16(13-19(14-18)31-2)21(28)25-23-24-20(15-32-23)22(29)27-10-8-26(9-11-27)17-6-4-3-5-7-17/h3-7,12-15H,8-11H2,1-2H3,(H,24,25,28). The minimum absolute atomic E-state index is 0.127. The van der Waals surface area contributed by atoms with Crippen LogP contribution in [-0.2, 0) is 0 Å². The fraction of sp³-hybridized carbons (Fsp3) is 0.261. The highest BCUT2D eigenvalue weighted by Gasteiger charge is 2.24. The van der Waals surface area contributed by atoms with Gasteiger partial charge in [-0.2, -0.15) is 0 Å². The molecule has 8 nitrogen and oxygen atoms in total. The molecule has 0 atom stereocenters. The van der Waals surface area contributed by atoms with E-state index < -0.39 is 0 Å². The molecule has 9 heteroatoms. The quantitative estimate of drug-likeness (QED) is 0.617. The highest BCUT2D eigenvalue weighted by Crippen LogP contribution is 2.24. The topological polar surface area (TPSA) is 84.0 Å². The SMILES string of the molecule is COc1cc(OC)cc(C(=O)Nc2nc(C(=O)N3CCN(c4ccccc4)CC3)cs2)c1. The number of amides is 2. The number of anilines is 2. The highest BCUT2D eigenvalue weighted by atomic mass is 32.1. The van der Waals surface area contributed by atoms with Gasteiger partial charge in [-0.3, -0.25) is 14.9 Å². The maximum atomic E-state index is 12.9. The van der Waals surface area contributed by atoms with E-state index in [4.69, 9.17) is 9.47 Å². The van der Waals surface area contributed by atoms with Gasteiger partial charge in [-0.15, -0.1) is 11.3 Å². The van der Waals surface area contributed by atoms with E-state index in [1.165, 1.54) is 25.6 Å². The molecule has 0 radical (unpaired) electrons. The molecule has 1 aromatic heterocycles. The zero-order valence-corrected chi connectivity index (χ0v) is 18.7. The molecule has 1 fully saturated rings. The minimum atomic E-state index is -0.355. The van der Waals surface area contributed by atoms with Gasteiger partial charge in [0.1, 0.15) is 17.2 Å². The van der Waals surface area contributed by atoms with Crippen LogP contribution in [0, 0.1) is 0 Å². The van der Waals surface area contributed by atoms with Crippen LogP contribution < -0.4 is 19.7 Å². The number of carbonyl (C=O) groups excluding carboxylic acids is 2. The van der Waals surface area contributed by atoms with Gasteiger partial charge in [0.15, 0.2) is 5.13 Å². The molecule has 1 aliphatic rings. The molecule has 0 saturated carbocycles. The third-order valence-corrected chi connectivity index (χ3v) is 6.00. The summed E-state index contributed by atoms with van der Waals surface area (Å²) in [6, 6.07) is 15.1. The first-order valence-electron chi connectivity index (χ1n) is 10.2. The molecule has 0 bridgehead atoms. The third-order valence-electron chi connectivity index (χ3n) is 5.25. The van der Waals surface area contributed by atoms with Gasteiger partial charge in [-0.1, -0.05) is 18.2 Å². The van der Waals surface area contributed by atoms with Crippen LogP contribution in [0.25, 0.3) is 0 Å².